The van der Waals surface area contributed by atoms with Crippen LogP contribution in [0.5, 0.6) is 0 Å². The highest BCUT2D eigenvalue weighted by molar-refractivity contribution is 6.33. The highest BCUT2D eigenvalue weighted by atomic mass is 35.5. The molecule has 0 aliphatic heterocycles. The molecule has 0 amide bonds. The quantitative estimate of drug-likeness (QED) is 0.907. The van der Waals surface area contributed by atoms with E-state index in [4.69, 9.17) is 11.6 Å². The van der Waals surface area contributed by atoms with Crippen LogP contribution >= 0.6 is 11.6 Å². The largest absolute Gasteiger partial charge is 0.380 e. The Morgan fingerprint density at radius 2 is 1.89 bits per heavy atom. The lowest BCUT2D eigenvalue weighted by Crippen LogP contribution is -2.12. The predicted octanol–water partition coefficient (Wildman–Crippen LogP) is 4.20. The number of rotatable bonds is 4. The second-order valence-electron chi connectivity index (χ2n) is 4.07. The predicted molar refractivity (Wildman–Crippen MR) is 74.7 cm³/mol. The number of nitriles is 1. The molecule has 0 aromatic heterocycles. The van der Waals surface area contributed by atoms with E-state index in [0.717, 1.165) is 5.56 Å². The Morgan fingerprint density at radius 1 is 1.16 bits per heavy atom. The molecule has 19 heavy (non-hydrogen) atoms. The molecule has 2 aromatic rings. The number of hydrogen-bond donors (Lipinski definition) is 1. The van der Waals surface area contributed by atoms with Crippen molar-refractivity contribution in [3.8, 4) is 6.07 Å². The van der Waals surface area contributed by atoms with Crippen LogP contribution in [0.25, 0.3) is 0 Å². The van der Waals surface area contributed by atoms with Crippen molar-refractivity contribution in [2.24, 2.45) is 0 Å². The molecule has 0 aliphatic carbocycles. The molecule has 2 rings (SSSR count). The van der Waals surface area contributed by atoms with Gasteiger partial charge in [0.1, 0.15) is 5.82 Å². The molecule has 1 N–H and O–H groups in total. The summed E-state index contributed by atoms with van der Waals surface area (Å²) in [6.07, 6.45) is 0. The van der Waals surface area contributed by atoms with Crippen molar-refractivity contribution in [3.05, 3.63) is 64.9 Å². The van der Waals surface area contributed by atoms with Crippen LogP contribution in [0.15, 0.2) is 48.5 Å². The topological polar surface area (TPSA) is 35.8 Å². The molecule has 0 heterocycles. The van der Waals surface area contributed by atoms with Gasteiger partial charge in [0.05, 0.1) is 22.7 Å². The molecule has 0 bridgehead atoms. The van der Waals surface area contributed by atoms with E-state index in [0.29, 0.717) is 11.6 Å². The maximum atomic E-state index is 13.6. The second kappa shape index (κ2) is 6.21. The van der Waals surface area contributed by atoms with Crippen molar-refractivity contribution in [2.45, 2.75) is 5.92 Å². The van der Waals surface area contributed by atoms with Crippen LogP contribution in [-0.4, -0.2) is 6.54 Å². The number of anilines is 1. The maximum absolute atomic E-state index is 13.6. The van der Waals surface area contributed by atoms with Crippen LogP contribution in [-0.2, 0) is 0 Å². The number of benzene rings is 2. The molecule has 0 saturated carbocycles. The Labute approximate surface area is 116 Å². The van der Waals surface area contributed by atoms with Gasteiger partial charge in [0, 0.05) is 6.54 Å². The molecule has 0 spiro atoms. The number of halogens is 2. The molecule has 0 fully saturated rings. The fourth-order valence-corrected chi connectivity index (χ4v) is 2.02. The van der Waals surface area contributed by atoms with Crippen molar-refractivity contribution in [1.82, 2.24) is 0 Å². The Hall–Kier alpha value is -2.05. The van der Waals surface area contributed by atoms with E-state index in [1.54, 1.807) is 12.1 Å². The van der Waals surface area contributed by atoms with Crippen molar-refractivity contribution in [2.75, 3.05) is 11.9 Å². The van der Waals surface area contributed by atoms with Gasteiger partial charge >= 0.3 is 0 Å². The Kier molecular flexibility index (Phi) is 4.38. The summed E-state index contributed by atoms with van der Waals surface area (Å²) in [5.41, 5.74) is 1.13. The van der Waals surface area contributed by atoms with Gasteiger partial charge in [0.15, 0.2) is 0 Å². The zero-order valence-corrected chi connectivity index (χ0v) is 10.9. The van der Waals surface area contributed by atoms with Gasteiger partial charge in [0.2, 0.25) is 0 Å². The summed E-state index contributed by atoms with van der Waals surface area (Å²) in [5, 5.41) is 12.4. The molecule has 2 aromatic carbocycles. The van der Waals surface area contributed by atoms with Crippen LogP contribution in [0, 0.1) is 17.1 Å². The van der Waals surface area contributed by atoms with Crippen LogP contribution in [0.1, 0.15) is 11.5 Å². The first-order chi connectivity index (χ1) is 9.22. The monoisotopic (exact) mass is 274 g/mol. The van der Waals surface area contributed by atoms with E-state index >= 15 is 0 Å². The van der Waals surface area contributed by atoms with Gasteiger partial charge in [-0.15, -0.1) is 0 Å². The van der Waals surface area contributed by atoms with Gasteiger partial charge < -0.3 is 5.32 Å². The van der Waals surface area contributed by atoms with Crippen LogP contribution in [0.4, 0.5) is 10.1 Å². The number of nitrogens with one attached hydrogen (secondary N) is 1. The maximum Gasteiger partial charge on any atom is 0.147 e. The molecule has 0 aliphatic rings. The van der Waals surface area contributed by atoms with E-state index in [2.05, 4.69) is 11.4 Å². The molecular weight excluding hydrogens is 263 g/mol. The van der Waals surface area contributed by atoms with Crippen LogP contribution in [0.3, 0.4) is 0 Å². The number of para-hydroxylation sites is 1. The molecule has 1 unspecified atom stereocenters. The second-order valence-corrected chi connectivity index (χ2v) is 4.48. The molecular formula is C15H12ClFN2. The fourth-order valence-electron chi connectivity index (χ4n) is 1.79. The Bertz CT molecular complexity index is 573. The summed E-state index contributed by atoms with van der Waals surface area (Å²) in [6.45, 7) is 0.307. The summed E-state index contributed by atoms with van der Waals surface area (Å²) >= 11 is 5.92. The van der Waals surface area contributed by atoms with Crippen molar-refractivity contribution in [3.63, 3.8) is 0 Å². The summed E-state index contributed by atoms with van der Waals surface area (Å²) in [5.74, 6) is -0.769. The van der Waals surface area contributed by atoms with Crippen LogP contribution < -0.4 is 5.32 Å². The smallest absolute Gasteiger partial charge is 0.147 e. The summed E-state index contributed by atoms with van der Waals surface area (Å²) in [7, 11) is 0. The van der Waals surface area contributed by atoms with E-state index in [1.165, 1.54) is 6.07 Å². The summed E-state index contributed by atoms with van der Waals surface area (Å²) in [4.78, 5) is 0. The standard InChI is InChI=1S/C15H12ClFN2/c16-13-7-4-8-14(17)15(13)19-10-12(9-18)11-5-2-1-3-6-11/h1-8,12,19H,10H2. The molecule has 0 radical (unpaired) electrons. The number of hydrogen-bond acceptors (Lipinski definition) is 2. The first kappa shape index (κ1) is 13.4. The summed E-state index contributed by atoms with van der Waals surface area (Å²) < 4.78 is 13.6. The Balaban J connectivity index is 2.12. The highest BCUT2D eigenvalue weighted by Crippen LogP contribution is 2.25. The molecule has 2 nitrogen and oxygen atoms in total. The van der Waals surface area contributed by atoms with Crippen molar-refractivity contribution >= 4 is 17.3 Å². The normalized spacial score (nSPS) is 11.6. The van der Waals surface area contributed by atoms with E-state index in [1.807, 2.05) is 30.3 Å². The zero-order valence-electron chi connectivity index (χ0n) is 10.1. The number of nitrogens with zero attached hydrogens (tertiary/aromatic N) is 1. The van der Waals surface area contributed by atoms with Gasteiger partial charge in [-0.05, 0) is 17.7 Å². The minimum absolute atomic E-state index is 0.236. The average Bonchev–Trinajstić information content (AvgIpc) is 2.43. The third-order valence-corrected chi connectivity index (χ3v) is 3.12. The minimum atomic E-state index is -0.419. The lowest BCUT2D eigenvalue weighted by Gasteiger charge is -2.13. The molecule has 96 valence electrons. The van der Waals surface area contributed by atoms with Crippen molar-refractivity contribution in [1.29, 1.82) is 5.26 Å². The third kappa shape index (κ3) is 3.24. The zero-order chi connectivity index (χ0) is 13.7. The molecule has 4 heteroatoms. The van der Waals surface area contributed by atoms with Gasteiger partial charge in [-0.3, -0.25) is 0 Å². The molecule has 0 saturated heterocycles. The fraction of sp³-hybridized carbons (Fsp3) is 0.133. The van der Waals surface area contributed by atoms with Gasteiger partial charge in [-0.2, -0.15) is 5.26 Å². The van der Waals surface area contributed by atoms with Crippen LogP contribution in [0.2, 0.25) is 5.02 Å². The van der Waals surface area contributed by atoms with E-state index in [9.17, 15) is 9.65 Å². The van der Waals surface area contributed by atoms with E-state index in [-0.39, 0.29) is 11.6 Å². The van der Waals surface area contributed by atoms with Gasteiger partial charge in [0.25, 0.3) is 0 Å². The van der Waals surface area contributed by atoms with E-state index < -0.39 is 5.82 Å². The SMILES string of the molecule is N#CC(CNc1c(F)cccc1Cl)c1ccccc1. The lowest BCUT2D eigenvalue weighted by molar-refractivity contribution is 0.629. The Morgan fingerprint density at radius 3 is 2.53 bits per heavy atom. The first-order valence-corrected chi connectivity index (χ1v) is 6.22. The highest BCUT2D eigenvalue weighted by Gasteiger charge is 2.12. The van der Waals surface area contributed by atoms with Gasteiger partial charge in [-0.25, -0.2) is 4.39 Å². The lowest BCUT2D eigenvalue weighted by atomic mass is 10.0. The van der Waals surface area contributed by atoms with Gasteiger partial charge in [-0.1, -0.05) is 48.0 Å². The third-order valence-electron chi connectivity index (χ3n) is 2.80. The molecule has 1 atom stereocenters. The average molecular weight is 275 g/mol. The minimum Gasteiger partial charge on any atom is -0.380 e. The summed E-state index contributed by atoms with van der Waals surface area (Å²) in [6, 6.07) is 16.1. The van der Waals surface area contributed by atoms with Crippen molar-refractivity contribution < 1.29 is 4.39 Å². The first-order valence-electron chi connectivity index (χ1n) is 5.85.